The third-order valence-electron chi connectivity index (χ3n) is 1.42. The SMILES string of the molecule is [O-]/N=C/c1cccc(C(F)(F)F)c1. The van der Waals surface area contributed by atoms with E-state index in [1.54, 1.807) is 0 Å². The molecule has 70 valence electrons. The van der Waals surface area contributed by atoms with Crippen molar-refractivity contribution in [2.75, 3.05) is 0 Å². The largest absolute Gasteiger partial charge is 0.792 e. The number of benzene rings is 1. The zero-order valence-electron chi connectivity index (χ0n) is 6.38. The van der Waals surface area contributed by atoms with E-state index in [-0.39, 0.29) is 5.56 Å². The van der Waals surface area contributed by atoms with Crippen LogP contribution in [0.25, 0.3) is 0 Å². The maximum absolute atomic E-state index is 12.1. The van der Waals surface area contributed by atoms with Crippen LogP contribution in [-0.4, -0.2) is 6.21 Å². The fraction of sp³-hybridized carbons (Fsp3) is 0.125. The van der Waals surface area contributed by atoms with Crippen LogP contribution in [0.4, 0.5) is 13.2 Å². The summed E-state index contributed by atoms with van der Waals surface area (Å²) in [4.78, 5) is 0. The van der Waals surface area contributed by atoms with E-state index in [2.05, 4.69) is 5.16 Å². The minimum atomic E-state index is -4.38. The molecule has 1 aromatic rings. The highest BCUT2D eigenvalue weighted by atomic mass is 19.4. The lowest BCUT2D eigenvalue weighted by Gasteiger charge is -2.06. The Balaban J connectivity index is 3.05. The number of hydrogen-bond acceptors (Lipinski definition) is 2. The summed E-state index contributed by atoms with van der Waals surface area (Å²) in [5.74, 6) is 0. The van der Waals surface area contributed by atoms with Gasteiger partial charge in [-0.15, -0.1) is 0 Å². The van der Waals surface area contributed by atoms with Gasteiger partial charge in [-0.1, -0.05) is 12.1 Å². The normalized spacial score (nSPS) is 12.2. The number of nitrogens with zero attached hydrogens (tertiary/aromatic N) is 1. The van der Waals surface area contributed by atoms with Crippen molar-refractivity contribution in [1.82, 2.24) is 0 Å². The lowest BCUT2D eigenvalue weighted by Crippen LogP contribution is -2.04. The van der Waals surface area contributed by atoms with Crippen LogP contribution < -0.4 is 0 Å². The Labute approximate surface area is 72.3 Å². The summed E-state index contributed by atoms with van der Waals surface area (Å²) >= 11 is 0. The Hall–Kier alpha value is -1.52. The fourth-order valence-corrected chi connectivity index (χ4v) is 0.856. The van der Waals surface area contributed by atoms with E-state index >= 15 is 0 Å². The number of halogens is 3. The molecule has 0 spiro atoms. The minimum absolute atomic E-state index is 0.143. The van der Waals surface area contributed by atoms with Crippen LogP contribution in [0.3, 0.4) is 0 Å². The van der Waals surface area contributed by atoms with E-state index in [9.17, 15) is 18.4 Å². The van der Waals surface area contributed by atoms with Crippen LogP contribution in [0.5, 0.6) is 0 Å². The number of rotatable bonds is 1. The van der Waals surface area contributed by atoms with Crippen LogP contribution in [0.2, 0.25) is 0 Å². The van der Waals surface area contributed by atoms with Crippen molar-refractivity contribution in [2.45, 2.75) is 6.18 Å². The summed E-state index contributed by atoms with van der Waals surface area (Å²) in [6.07, 6.45) is -3.55. The summed E-state index contributed by atoms with van der Waals surface area (Å²) in [5.41, 5.74) is -0.644. The fourth-order valence-electron chi connectivity index (χ4n) is 0.856. The van der Waals surface area contributed by atoms with Crippen molar-refractivity contribution in [2.24, 2.45) is 5.16 Å². The Kier molecular flexibility index (Phi) is 2.55. The summed E-state index contributed by atoms with van der Waals surface area (Å²) in [7, 11) is 0. The first kappa shape index (κ1) is 9.57. The molecule has 0 atom stereocenters. The molecule has 0 saturated heterocycles. The lowest BCUT2D eigenvalue weighted by molar-refractivity contribution is -0.137. The molecule has 5 heteroatoms. The lowest BCUT2D eigenvalue weighted by atomic mass is 10.1. The number of hydrogen-bond donors (Lipinski definition) is 0. The topological polar surface area (TPSA) is 35.4 Å². The molecule has 0 bridgehead atoms. The Morgan fingerprint density at radius 1 is 1.31 bits per heavy atom. The van der Waals surface area contributed by atoms with Gasteiger partial charge in [0, 0.05) is 6.21 Å². The third kappa shape index (κ3) is 2.47. The van der Waals surface area contributed by atoms with E-state index in [0.29, 0.717) is 0 Å². The van der Waals surface area contributed by atoms with Crippen molar-refractivity contribution >= 4 is 6.21 Å². The number of alkyl halides is 3. The van der Waals surface area contributed by atoms with Gasteiger partial charge < -0.3 is 10.4 Å². The highest BCUT2D eigenvalue weighted by molar-refractivity contribution is 5.79. The van der Waals surface area contributed by atoms with Crippen LogP contribution in [0.15, 0.2) is 29.4 Å². The summed E-state index contributed by atoms with van der Waals surface area (Å²) in [6.45, 7) is 0. The smallest absolute Gasteiger partial charge is 0.416 e. The highest BCUT2D eigenvalue weighted by Crippen LogP contribution is 2.29. The van der Waals surface area contributed by atoms with Gasteiger partial charge in [-0.25, -0.2) is 0 Å². The average Bonchev–Trinajstić information content (AvgIpc) is 2.04. The molecule has 0 radical (unpaired) electrons. The van der Waals surface area contributed by atoms with Gasteiger partial charge in [0.2, 0.25) is 0 Å². The van der Waals surface area contributed by atoms with Crippen molar-refractivity contribution < 1.29 is 13.2 Å². The molecule has 0 heterocycles. The van der Waals surface area contributed by atoms with Gasteiger partial charge in [0.15, 0.2) is 0 Å². The molecule has 0 unspecified atom stereocenters. The Morgan fingerprint density at radius 2 is 2.00 bits per heavy atom. The van der Waals surface area contributed by atoms with Crippen molar-refractivity contribution in [3.05, 3.63) is 40.6 Å². The van der Waals surface area contributed by atoms with Gasteiger partial charge in [0.1, 0.15) is 0 Å². The van der Waals surface area contributed by atoms with E-state index in [4.69, 9.17) is 0 Å². The third-order valence-corrected chi connectivity index (χ3v) is 1.42. The Morgan fingerprint density at radius 3 is 2.54 bits per heavy atom. The van der Waals surface area contributed by atoms with Gasteiger partial charge in [0.25, 0.3) is 0 Å². The van der Waals surface area contributed by atoms with Gasteiger partial charge >= 0.3 is 6.18 Å². The average molecular weight is 188 g/mol. The van der Waals surface area contributed by atoms with Crippen molar-refractivity contribution in [1.29, 1.82) is 0 Å². The minimum Gasteiger partial charge on any atom is -0.792 e. The molecule has 0 saturated carbocycles. The van der Waals surface area contributed by atoms with Crippen molar-refractivity contribution in [3.63, 3.8) is 0 Å². The molecule has 1 rings (SSSR count). The molecule has 0 aromatic heterocycles. The molecular formula is C8H5F3NO-. The first-order valence-electron chi connectivity index (χ1n) is 3.37. The molecule has 0 N–H and O–H groups in total. The maximum Gasteiger partial charge on any atom is 0.416 e. The maximum atomic E-state index is 12.1. The van der Waals surface area contributed by atoms with E-state index < -0.39 is 11.7 Å². The second-order valence-corrected chi connectivity index (χ2v) is 2.36. The molecule has 1 aromatic carbocycles. The van der Waals surface area contributed by atoms with E-state index in [1.165, 1.54) is 12.1 Å². The van der Waals surface area contributed by atoms with Gasteiger partial charge in [-0.3, -0.25) is 0 Å². The quantitative estimate of drug-likeness (QED) is 0.492. The van der Waals surface area contributed by atoms with Crippen LogP contribution in [0.1, 0.15) is 11.1 Å². The molecule has 0 aliphatic rings. The van der Waals surface area contributed by atoms with E-state index in [0.717, 1.165) is 18.3 Å². The van der Waals surface area contributed by atoms with Crippen LogP contribution in [-0.2, 0) is 6.18 Å². The first-order chi connectivity index (χ1) is 6.04. The van der Waals surface area contributed by atoms with Crippen LogP contribution >= 0.6 is 0 Å². The van der Waals surface area contributed by atoms with Gasteiger partial charge in [-0.2, -0.15) is 13.2 Å². The van der Waals surface area contributed by atoms with Gasteiger partial charge in [-0.05, 0) is 17.7 Å². The molecule has 13 heavy (non-hydrogen) atoms. The predicted octanol–water partition coefficient (Wildman–Crippen LogP) is 2.62. The second-order valence-electron chi connectivity index (χ2n) is 2.36. The van der Waals surface area contributed by atoms with Crippen molar-refractivity contribution in [3.8, 4) is 0 Å². The Bertz CT molecular complexity index is 319. The van der Waals surface area contributed by atoms with Gasteiger partial charge in [0.05, 0.1) is 5.56 Å². The predicted molar refractivity (Wildman–Crippen MR) is 42.4 cm³/mol. The molecule has 0 aliphatic carbocycles. The monoisotopic (exact) mass is 188 g/mol. The molecule has 0 amide bonds. The van der Waals surface area contributed by atoms with Crippen LogP contribution in [0, 0.1) is 5.21 Å². The summed E-state index contributed by atoms with van der Waals surface area (Å²) in [6, 6.07) is 4.39. The highest BCUT2D eigenvalue weighted by Gasteiger charge is 2.30. The molecule has 0 aliphatic heterocycles. The molecule has 2 nitrogen and oxygen atoms in total. The zero-order valence-corrected chi connectivity index (χ0v) is 6.38. The zero-order chi connectivity index (χ0) is 9.90. The standard InChI is InChI=1S/C8H6F3NO/c9-8(10,11)7-3-1-2-6(4-7)5-12-13/h1-5,13H/p-1/b12-5+. The molecule has 0 fully saturated rings. The first-order valence-corrected chi connectivity index (χ1v) is 3.37. The second kappa shape index (κ2) is 3.47. The summed E-state index contributed by atoms with van der Waals surface area (Å²) in [5, 5.41) is 12.1. The summed E-state index contributed by atoms with van der Waals surface area (Å²) < 4.78 is 36.3. The van der Waals surface area contributed by atoms with E-state index in [1.807, 2.05) is 0 Å². The molecular weight excluding hydrogens is 183 g/mol.